The molecule has 0 radical (unpaired) electrons. The van der Waals surface area contributed by atoms with Gasteiger partial charge in [0.05, 0.1) is 10.5 Å². The molecule has 2 saturated heterocycles. The molecule has 2 atom stereocenters. The molecule has 0 saturated carbocycles. The minimum atomic E-state index is -3.53. The van der Waals surface area contributed by atoms with Gasteiger partial charge in [-0.05, 0) is 43.9 Å². The van der Waals surface area contributed by atoms with E-state index in [1.54, 1.807) is 16.4 Å². The highest BCUT2D eigenvalue weighted by atomic mass is 32.2. The molecule has 4 rings (SSSR count). The van der Waals surface area contributed by atoms with Crippen LogP contribution in [0.3, 0.4) is 0 Å². The monoisotopic (exact) mass is 357 g/mol. The van der Waals surface area contributed by atoms with E-state index in [0.717, 1.165) is 31.2 Å². The third-order valence-corrected chi connectivity index (χ3v) is 7.08. The van der Waals surface area contributed by atoms with Crippen molar-refractivity contribution >= 4 is 10.0 Å². The first kappa shape index (κ1) is 16.8. The summed E-state index contributed by atoms with van der Waals surface area (Å²) in [7, 11) is -3.53. The summed E-state index contributed by atoms with van der Waals surface area (Å²) in [5.74, 6) is 0. The van der Waals surface area contributed by atoms with Crippen LogP contribution in [0.15, 0.2) is 59.5 Å². The fraction of sp³-hybridized carbons (Fsp3) is 0.400. The minimum Gasteiger partial charge on any atom is -0.354 e. The number of aryl methyl sites for hydroxylation is 1. The fourth-order valence-corrected chi connectivity index (χ4v) is 5.56. The normalized spacial score (nSPS) is 26.7. The van der Waals surface area contributed by atoms with E-state index in [1.807, 2.05) is 37.3 Å². The van der Waals surface area contributed by atoms with Crippen LogP contribution in [0.1, 0.15) is 30.4 Å². The number of fused-ring (bicyclic) bond motifs is 2. The Labute approximate surface area is 149 Å². The van der Waals surface area contributed by atoms with Crippen molar-refractivity contribution in [1.29, 1.82) is 0 Å². The summed E-state index contributed by atoms with van der Waals surface area (Å²) in [6.45, 7) is 2.39. The molecule has 2 fully saturated rings. The van der Waals surface area contributed by atoms with Gasteiger partial charge in [-0.2, -0.15) is 4.31 Å². The van der Waals surface area contributed by atoms with Crippen LogP contribution in [-0.4, -0.2) is 31.1 Å². The molecule has 25 heavy (non-hydrogen) atoms. The minimum absolute atomic E-state index is 0.344. The highest BCUT2D eigenvalue weighted by Crippen LogP contribution is 2.42. The lowest BCUT2D eigenvalue weighted by Gasteiger charge is -2.32. The Morgan fingerprint density at radius 2 is 1.84 bits per heavy atom. The van der Waals surface area contributed by atoms with Crippen molar-refractivity contribution in [3.63, 3.8) is 0 Å². The smallest absolute Gasteiger partial charge is 0.245 e. The van der Waals surface area contributed by atoms with Crippen LogP contribution in [0.4, 0.5) is 0 Å². The van der Waals surface area contributed by atoms with Gasteiger partial charge >= 0.3 is 0 Å². The summed E-state index contributed by atoms with van der Waals surface area (Å²) in [6.07, 6.45) is 3.07. The Hall–Kier alpha value is -1.69. The molecular weight excluding hydrogens is 334 g/mol. The summed E-state index contributed by atoms with van der Waals surface area (Å²) < 4.78 is 34.1. The summed E-state index contributed by atoms with van der Waals surface area (Å²) in [5, 5.41) is 0. The van der Waals surface area contributed by atoms with E-state index in [4.69, 9.17) is 4.74 Å². The van der Waals surface area contributed by atoms with E-state index in [0.29, 0.717) is 11.4 Å². The third kappa shape index (κ3) is 3.12. The molecule has 4 nitrogen and oxygen atoms in total. The van der Waals surface area contributed by atoms with Crippen molar-refractivity contribution in [3.05, 3.63) is 65.7 Å². The van der Waals surface area contributed by atoms with E-state index in [2.05, 4.69) is 12.1 Å². The van der Waals surface area contributed by atoms with Gasteiger partial charge in [0.2, 0.25) is 10.0 Å². The zero-order valence-corrected chi connectivity index (χ0v) is 15.2. The van der Waals surface area contributed by atoms with Crippen LogP contribution in [0.2, 0.25) is 0 Å². The summed E-state index contributed by atoms with van der Waals surface area (Å²) >= 11 is 0. The number of hydrogen-bond acceptors (Lipinski definition) is 3. The number of rotatable bonds is 4. The highest BCUT2D eigenvalue weighted by molar-refractivity contribution is 7.89. The van der Waals surface area contributed by atoms with Crippen molar-refractivity contribution in [2.45, 2.75) is 49.3 Å². The number of sulfonamides is 1. The summed E-state index contributed by atoms with van der Waals surface area (Å²) in [5.41, 5.74) is 1.84. The Balaban J connectivity index is 1.63. The maximum Gasteiger partial charge on any atom is 0.245 e. The Kier molecular flexibility index (Phi) is 4.18. The molecule has 2 bridgehead atoms. The molecule has 2 heterocycles. The van der Waals surface area contributed by atoms with E-state index in [9.17, 15) is 8.42 Å². The van der Waals surface area contributed by atoms with Gasteiger partial charge in [-0.25, -0.2) is 8.42 Å². The lowest BCUT2D eigenvalue weighted by Crippen LogP contribution is -2.38. The van der Waals surface area contributed by atoms with Crippen LogP contribution < -0.4 is 0 Å². The molecule has 0 N–H and O–H groups in total. The number of nitrogens with zero attached hydrogens (tertiary/aromatic N) is 1. The van der Waals surface area contributed by atoms with Crippen molar-refractivity contribution < 1.29 is 13.2 Å². The molecule has 1 unspecified atom stereocenters. The number of ether oxygens (including phenoxy) is 1. The van der Waals surface area contributed by atoms with Gasteiger partial charge in [-0.15, -0.1) is 0 Å². The fourth-order valence-electron chi connectivity index (χ4n) is 3.95. The first-order valence-electron chi connectivity index (χ1n) is 8.79. The lowest BCUT2D eigenvalue weighted by atomic mass is 9.89. The average molecular weight is 357 g/mol. The second kappa shape index (κ2) is 6.24. The SMILES string of the molecule is Cc1ccc(S(=O)(=O)N2C[C@]3(Cc4ccccc4)CCCC2O3)cc1. The van der Waals surface area contributed by atoms with E-state index < -0.39 is 15.6 Å². The topological polar surface area (TPSA) is 46.6 Å². The average Bonchev–Trinajstić information content (AvgIpc) is 2.87. The number of hydrogen-bond donors (Lipinski definition) is 0. The molecule has 0 amide bonds. The Morgan fingerprint density at radius 3 is 2.56 bits per heavy atom. The molecule has 2 aliphatic heterocycles. The molecule has 0 spiro atoms. The predicted molar refractivity (Wildman–Crippen MR) is 96.7 cm³/mol. The second-order valence-electron chi connectivity index (χ2n) is 7.17. The zero-order chi connectivity index (χ0) is 17.5. The third-order valence-electron chi connectivity index (χ3n) is 5.23. The van der Waals surface area contributed by atoms with E-state index in [1.165, 1.54) is 5.56 Å². The maximum atomic E-state index is 13.1. The summed E-state index contributed by atoms with van der Waals surface area (Å²) in [4.78, 5) is 0.351. The Morgan fingerprint density at radius 1 is 1.12 bits per heavy atom. The molecule has 0 aliphatic carbocycles. The Bertz CT molecular complexity index is 848. The molecular formula is C20H23NO3S. The molecule has 2 aromatic carbocycles. The first-order chi connectivity index (χ1) is 12.0. The number of benzene rings is 2. The van der Waals surface area contributed by atoms with Gasteiger partial charge < -0.3 is 4.74 Å². The van der Waals surface area contributed by atoms with Crippen molar-refractivity contribution in [1.82, 2.24) is 4.31 Å². The highest BCUT2D eigenvalue weighted by Gasteiger charge is 2.52. The quantitative estimate of drug-likeness (QED) is 0.841. The standard InChI is InChI=1S/C20H23NO3S/c1-16-9-11-18(12-10-16)25(22,23)21-15-20(13-5-8-19(21)24-20)14-17-6-3-2-4-7-17/h2-4,6-7,9-12,19H,5,8,13-15H2,1H3/t19?,20-/m1/s1. The van der Waals surface area contributed by atoms with Crippen LogP contribution in [0.5, 0.6) is 0 Å². The van der Waals surface area contributed by atoms with Crippen molar-refractivity contribution in [2.24, 2.45) is 0 Å². The lowest BCUT2D eigenvalue weighted by molar-refractivity contribution is -0.0826. The predicted octanol–water partition coefficient (Wildman–Crippen LogP) is 3.51. The van der Waals surface area contributed by atoms with E-state index in [-0.39, 0.29) is 6.23 Å². The second-order valence-corrected chi connectivity index (χ2v) is 9.06. The van der Waals surface area contributed by atoms with E-state index >= 15 is 0 Å². The van der Waals surface area contributed by atoms with Crippen molar-refractivity contribution in [2.75, 3.05) is 6.54 Å². The van der Waals surface area contributed by atoms with Gasteiger partial charge in [0.25, 0.3) is 0 Å². The summed E-state index contributed by atoms with van der Waals surface area (Å²) in [6, 6.07) is 17.3. The van der Waals surface area contributed by atoms with Gasteiger partial charge in [0.1, 0.15) is 6.23 Å². The van der Waals surface area contributed by atoms with Gasteiger partial charge in [0.15, 0.2) is 0 Å². The van der Waals surface area contributed by atoms with Crippen LogP contribution in [0, 0.1) is 6.92 Å². The molecule has 2 aliphatic rings. The molecule has 2 aromatic rings. The molecule has 5 heteroatoms. The van der Waals surface area contributed by atoms with Crippen LogP contribution in [0.25, 0.3) is 0 Å². The largest absolute Gasteiger partial charge is 0.354 e. The van der Waals surface area contributed by atoms with Crippen LogP contribution in [-0.2, 0) is 21.2 Å². The van der Waals surface area contributed by atoms with Gasteiger partial charge in [0, 0.05) is 13.0 Å². The first-order valence-corrected chi connectivity index (χ1v) is 10.2. The van der Waals surface area contributed by atoms with Gasteiger partial charge in [-0.3, -0.25) is 0 Å². The van der Waals surface area contributed by atoms with Crippen LogP contribution >= 0.6 is 0 Å². The maximum absolute atomic E-state index is 13.1. The zero-order valence-electron chi connectivity index (χ0n) is 14.4. The molecule has 0 aromatic heterocycles. The van der Waals surface area contributed by atoms with Crippen molar-refractivity contribution in [3.8, 4) is 0 Å². The molecule has 132 valence electrons. The van der Waals surface area contributed by atoms with Gasteiger partial charge in [-0.1, -0.05) is 48.0 Å².